The van der Waals surface area contributed by atoms with Crippen LogP contribution in [0, 0.1) is 0 Å². The summed E-state index contributed by atoms with van der Waals surface area (Å²) in [5.74, 6) is -0.575. The summed E-state index contributed by atoms with van der Waals surface area (Å²) in [6, 6.07) is 4.76. The van der Waals surface area contributed by atoms with Crippen LogP contribution in [-0.4, -0.2) is 16.7 Å². The Labute approximate surface area is 113 Å². The van der Waals surface area contributed by atoms with E-state index in [9.17, 15) is 9.90 Å². The highest BCUT2D eigenvalue weighted by Gasteiger charge is 2.28. The molecule has 19 heavy (non-hydrogen) atoms. The maximum atomic E-state index is 12.2. The van der Waals surface area contributed by atoms with Gasteiger partial charge in [-0.05, 0) is 50.0 Å². The number of rotatable bonds is 3. The highest BCUT2D eigenvalue weighted by atomic mass is 16.6. The summed E-state index contributed by atoms with van der Waals surface area (Å²) in [6.45, 7) is 5.53. The maximum absolute atomic E-state index is 12.2. The van der Waals surface area contributed by atoms with Crippen LogP contribution in [0.3, 0.4) is 0 Å². The number of phenols is 1. The molecule has 0 radical (unpaired) electrons. The first-order valence-electron chi connectivity index (χ1n) is 6.40. The second-order valence-electron chi connectivity index (χ2n) is 4.98. The molecule has 1 aromatic carbocycles. The summed E-state index contributed by atoms with van der Waals surface area (Å²) in [5.41, 5.74) is 0.373. The summed E-state index contributed by atoms with van der Waals surface area (Å²) < 4.78 is 5.53. The molecule has 1 unspecified atom stereocenters. The molecule has 3 nitrogen and oxygen atoms in total. The molecular formula is C16H18O3. The summed E-state index contributed by atoms with van der Waals surface area (Å²) in [7, 11) is 0. The molecule has 2 rings (SSSR count). The molecule has 100 valence electrons. The molecule has 0 saturated carbocycles. The number of aromatic hydroxyl groups is 1. The molecule has 0 saturated heterocycles. The van der Waals surface area contributed by atoms with Gasteiger partial charge in [-0.25, -0.2) is 4.79 Å². The van der Waals surface area contributed by atoms with Gasteiger partial charge in [0, 0.05) is 0 Å². The van der Waals surface area contributed by atoms with E-state index in [1.807, 2.05) is 19.1 Å². The van der Waals surface area contributed by atoms with Gasteiger partial charge in [-0.3, -0.25) is 0 Å². The molecule has 0 heterocycles. The predicted molar refractivity (Wildman–Crippen MR) is 75.0 cm³/mol. The first kappa shape index (κ1) is 13.4. The Bertz CT molecular complexity index is 531. The van der Waals surface area contributed by atoms with E-state index in [0.717, 1.165) is 24.8 Å². The van der Waals surface area contributed by atoms with Gasteiger partial charge in [-0.15, -0.1) is 0 Å². The van der Waals surface area contributed by atoms with Gasteiger partial charge in [-0.2, -0.15) is 0 Å². The molecule has 3 heteroatoms. The van der Waals surface area contributed by atoms with Gasteiger partial charge in [0.25, 0.3) is 0 Å². The average Bonchev–Trinajstić information content (AvgIpc) is 2.39. The highest BCUT2D eigenvalue weighted by Crippen LogP contribution is 2.28. The molecule has 1 N–H and O–H groups in total. The Hall–Kier alpha value is -2.03. The third-order valence-corrected chi connectivity index (χ3v) is 3.32. The molecule has 0 amide bonds. The summed E-state index contributed by atoms with van der Waals surface area (Å²) in [5, 5.41) is 9.76. The zero-order valence-electron chi connectivity index (χ0n) is 11.1. The van der Waals surface area contributed by atoms with Crippen molar-refractivity contribution in [2.24, 2.45) is 0 Å². The minimum Gasteiger partial charge on any atom is -0.507 e. The van der Waals surface area contributed by atoms with E-state index < -0.39 is 11.6 Å². The van der Waals surface area contributed by atoms with E-state index in [2.05, 4.69) is 6.58 Å². The smallest absolute Gasteiger partial charge is 0.342 e. The summed E-state index contributed by atoms with van der Waals surface area (Å²) >= 11 is 0. The number of carbonyl (C=O) groups excluding carboxylic acids is 1. The minimum atomic E-state index is -0.577. The van der Waals surface area contributed by atoms with E-state index in [0.29, 0.717) is 0 Å². The summed E-state index contributed by atoms with van der Waals surface area (Å²) in [4.78, 5) is 12.2. The van der Waals surface area contributed by atoms with E-state index >= 15 is 0 Å². The maximum Gasteiger partial charge on any atom is 0.342 e. The summed E-state index contributed by atoms with van der Waals surface area (Å²) in [6.07, 6.45) is 8.39. The lowest BCUT2D eigenvalue weighted by molar-refractivity contribution is 0.00544. The number of carbonyl (C=O) groups is 1. The molecule has 0 spiro atoms. The van der Waals surface area contributed by atoms with E-state index in [-0.39, 0.29) is 11.3 Å². The Morgan fingerprint density at radius 2 is 2.32 bits per heavy atom. The number of ether oxygens (including phenoxy) is 1. The Kier molecular flexibility index (Phi) is 3.74. The fourth-order valence-electron chi connectivity index (χ4n) is 2.18. The van der Waals surface area contributed by atoms with Crippen molar-refractivity contribution in [3.05, 3.63) is 48.1 Å². The van der Waals surface area contributed by atoms with E-state index in [4.69, 9.17) is 4.74 Å². The second-order valence-corrected chi connectivity index (χ2v) is 4.98. The number of hydrogen-bond donors (Lipinski definition) is 1. The zero-order chi connectivity index (χ0) is 13.9. The molecule has 1 aliphatic carbocycles. The van der Waals surface area contributed by atoms with Crippen molar-refractivity contribution in [2.45, 2.75) is 31.8 Å². The lowest BCUT2D eigenvalue weighted by Crippen LogP contribution is -2.31. The van der Waals surface area contributed by atoms with Crippen LogP contribution in [0.4, 0.5) is 0 Å². The van der Waals surface area contributed by atoms with Crippen molar-refractivity contribution < 1.29 is 14.6 Å². The fourth-order valence-corrected chi connectivity index (χ4v) is 2.18. The van der Waals surface area contributed by atoms with Crippen molar-refractivity contribution in [3.8, 4) is 5.75 Å². The third-order valence-electron chi connectivity index (χ3n) is 3.32. The topological polar surface area (TPSA) is 46.5 Å². The standard InChI is InChI=1S/C16H18O3/c1-3-12-7-8-14(17)13(11-12)15(18)19-16(2)9-5-4-6-10-16/h3,5,7-9,11,17H,1,4,6,10H2,2H3. The number of allylic oxidation sites excluding steroid dienone is 1. The predicted octanol–water partition coefficient (Wildman–Crippen LogP) is 3.69. The van der Waals surface area contributed by atoms with Crippen molar-refractivity contribution in [1.82, 2.24) is 0 Å². The molecule has 0 fully saturated rings. The van der Waals surface area contributed by atoms with Crippen molar-refractivity contribution in [1.29, 1.82) is 0 Å². The molecule has 1 atom stereocenters. The van der Waals surface area contributed by atoms with Crippen LogP contribution in [0.15, 0.2) is 36.9 Å². The number of hydrogen-bond acceptors (Lipinski definition) is 3. The number of phenolic OH excluding ortho intramolecular Hbond substituents is 1. The zero-order valence-corrected chi connectivity index (χ0v) is 11.1. The highest BCUT2D eigenvalue weighted by molar-refractivity contribution is 5.93. The van der Waals surface area contributed by atoms with Gasteiger partial charge in [0.05, 0.1) is 0 Å². The van der Waals surface area contributed by atoms with Gasteiger partial charge in [-0.1, -0.05) is 24.8 Å². The van der Waals surface area contributed by atoms with Crippen LogP contribution in [0.1, 0.15) is 42.1 Å². The van der Waals surface area contributed by atoms with Crippen LogP contribution in [-0.2, 0) is 4.74 Å². The van der Waals surface area contributed by atoms with Crippen molar-refractivity contribution in [2.75, 3.05) is 0 Å². The first-order chi connectivity index (χ1) is 9.04. The van der Waals surface area contributed by atoms with Gasteiger partial charge >= 0.3 is 5.97 Å². The average molecular weight is 258 g/mol. The normalized spacial score (nSPS) is 21.9. The minimum absolute atomic E-state index is 0.0704. The van der Waals surface area contributed by atoms with Crippen LogP contribution >= 0.6 is 0 Å². The van der Waals surface area contributed by atoms with Gasteiger partial charge < -0.3 is 9.84 Å². The van der Waals surface area contributed by atoms with Gasteiger partial charge in [0.2, 0.25) is 0 Å². The first-order valence-corrected chi connectivity index (χ1v) is 6.40. The molecular weight excluding hydrogens is 240 g/mol. The van der Waals surface area contributed by atoms with Gasteiger partial charge in [0.15, 0.2) is 0 Å². The number of benzene rings is 1. The molecule has 0 aromatic heterocycles. The Morgan fingerprint density at radius 1 is 1.53 bits per heavy atom. The molecule has 1 aliphatic rings. The van der Waals surface area contributed by atoms with Crippen LogP contribution in [0.5, 0.6) is 5.75 Å². The van der Waals surface area contributed by atoms with Crippen molar-refractivity contribution in [3.63, 3.8) is 0 Å². The largest absolute Gasteiger partial charge is 0.507 e. The number of esters is 1. The van der Waals surface area contributed by atoms with Crippen molar-refractivity contribution >= 4 is 12.0 Å². The quantitative estimate of drug-likeness (QED) is 0.664. The lowest BCUT2D eigenvalue weighted by atomic mass is 9.93. The van der Waals surface area contributed by atoms with Gasteiger partial charge in [0.1, 0.15) is 16.9 Å². The second kappa shape index (κ2) is 5.31. The van der Waals surface area contributed by atoms with Crippen LogP contribution in [0.2, 0.25) is 0 Å². The molecule has 0 bridgehead atoms. The van der Waals surface area contributed by atoms with E-state index in [1.54, 1.807) is 18.2 Å². The van der Waals surface area contributed by atoms with Crippen LogP contribution < -0.4 is 0 Å². The molecule has 1 aromatic rings. The monoisotopic (exact) mass is 258 g/mol. The lowest BCUT2D eigenvalue weighted by Gasteiger charge is -2.29. The van der Waals surface area contributed by atoms with E-state index in [1.165, 1.54) is 6.07 Å². The third kappa shape index (κ3) is 3.05. The SMILES string of the molecule is C=Cc1ccc(O)c(C(=O)OC2(C)C=CCCC2)c1. The molecule has 0 aliphatic heterocycles. The Balaban J connectivity index is 2.22. The van der Waals surface area contributed by atoms with Crippen LogP contribution in [0.25, 0.3) is 6.08 Å². The Morgan fingerprint density at radius 3 is 2.95 bits per heavy atom. The fraction of sp³-hybridized carbons (Fsp3) is 0.312.